The Labute approximate surface area is 161 Å². The highest BCUT2D eigenvalue weighted by molar-refractivity contribution is 5.79. The highest BCUT2D eigenvalue weighted by atomic mass is 19.4. The van der Waals surface area contributed by atoms with Gasteiger partial charge in [-0.15, -0.1) is 0 Å². The molecule has 1 unspecified atom stereocenters. The van der Waals surface area contributed by atoms with Gasteiger partial charge in [-0.25, -0.2) is 0 Å². The van der Waals surface area contributed by atoms with Crippen molar-refractivity contribution in [2.45, 2.75) is 39.0 Å². The molecule has 0 saturated heterocycles. The standard InChI is InChI=1S/C18H24F3N5O2/c1-4-14(27-15-7-5-6-13(10-15)18(19,20)21)11-24-17(22-3)23-9-8-16-25-12(2)26-28-16/h5-7,10,14H,4,8-9,11H2,1-3H3,(H2,22,23,24). The molecule has 1 aromatic heterocycles. The monoisotopic (exact) mass is 399 g/mol. The lowest BCUT2D eigenvalue weighted by atomic mass is 10.2. The molecule has 0 spiro atoms. The molecule has 7 nitrogen and oxygen atoms in total. The molecule has 0 saturated carbocycles. The number of nitrogens with one attached hydrogen (secondary N) is 2. The van der Waals surface area contributed by atoms with Gasteiger partial charge in [0.2, 0.25) is 5.89 Å². The molecule has 2 N–H and O–H groups in total. The quantitative estimate of drug-likeness (QED) is 0.525. The summed E-state index contributed by atoms with van der Waals surface area (Å²) in [6.07, 6.45) is -3.57. The summed E-state index contributed by atoms with van der Waals surface area (Å²) in [6, 6.07) is 4.86. The van der Waals surface area contributed by atoms with E-state index in [0.717, 1.165) is 12.1 Å². The Morgan fingerprint density at radius 2 is 2.11 bits per heavy atom. The van der Waals surface area contributed by atoms with Gasteiger partial charge in [0, 0.05) is 20.0 Å². The molecule has 0 fully saturated rings. The molecule has 0 radical (unpaired) electrons. The van der Waals surface area contributed by atoms with E-state index in [1.165, 1.54) is 12.1 Å². The Kier molecular flexibility index (Phi) is 7.65. The van der Waals surface area contributed by atoms with Crippen molar-refractivity contribution in [3.05, 3.63) is 41.5 Å². The molecule has 0 aliphatic carbocycles. The average molecular weight is 399 g/mol. The predicted octanol–water partition coefficient (Wildman–Crippen LogP) is 2.96. The van der Waals surface area contributed by atoms with Crippen molar-refractivity contribution >= 4 is 5.96 Å². The van der Waals surface area contributed by atoms with E-state index in [0.29, 0.717) is 43.6 Å². The molecule has 1 aromatic carbocycles. The van der Waals surface area contributed by atoms with Crippen LogP contribution in [0.15, 0.2) is 33.8 Å². The van der Waals surface area contributed by atoms with Crippen molar-refractivity contribution in [1.29, 1.82) is 0 Å². The van der Waals surface area contributed by atoms with Crippen LogP contribution in [0.5, 0.6) is 5.75 Å². The van der Waals surface area contributed by atoms with Crippen molar-refractivity contribution in [3.63, 3.8) is 0 Å². The topological polar surface area (TPSA) is 84.6 Å². The van der Waals surface area contributed by atoms with Gasteiger partial charge in [-0.2, -0.15) is 18.2 Å². The van der Waals surface area contributed by atoms with Gasteiger partial charge in [-0.05, 0) is 31.5 Å². The van der Waals surface area contributed by atoms with E-state index in [-0.39, 0.29) is 11.9 Å². The highest BCUT2D eigenvalue weighted by Gasteiger charge is 2.30. The minimum atomic E-state index is -4.40. The van der Waals surface area contributed by atoms with Crippen LogP contribution in [0.3, 0.4) is 0 Å². The molecule has 2 rings (SSSR count). The minimum absolute atomic E-state index is 0.179. The molecular weight excluding hydrogens is 375 g/mol. The number of halogens is 3. The Bertz CT molecular complexity index is 777. The lowest BCUT2D eigenvalue weighted by Gasteiger charge is -2.20. The van der Waals surface area contributed by atoms with Crippen molar-refractivity contribution in [2.24, 2.45) is 4.99 Å². The van der Waals surface area contributed by atoms with Crippen molar-refractivity contribution in [3.8, 4) is 5.75 Å². The fourth-order valence-electron chi connectivity index (χ4n) is 2.37. The van der Waals surface area contributed by atoms with Crippen LogP contribution in [0.25, 0.3) is 0 Å². The Balaban J connectivity index is 1.83. The van der Waals surface area contributed by atoms with Crippen LogP contribution in [0.1, 0.15) is 30.6 Å². The molecule has 0 aliphatic heterocycles. The van der Waals surface area contributed by atoms with Crippen LogP contribution in [-0.2, 0) is 12.6 Å². The van der Waals surface area contributed by atoms with Gasteiger partial charge in [-0.3, -0.25) is 4.99 Å². The van der Waals surface area contributed by atoms with E-state index in [1.807, 2.05) is 6.92 Å². The summed E-state index contributed by atoms with van der Waals surface area (Å²) in [7, 11) is 1.63. The van der Waals surface area contributed by atoms with Gasteiger partial charge in [0.25, 0.3) is 0 Å². The Morgan fingerprint density at radius 3 is 2.71 bits per heavy atom. The number of alkyl halides is 3. The van der Waals surface area contributed by atoms with E-state index >= 15 is 0 Å². The number of ether oxygens (including phenoxy) is 1. The lowest BCUT2D eigenvalue weighted by molar-refractivity contribution is -0.137. The van der Waals surface area contributed by atoms with Gasteiger partial charge in [0.15, 0.2) is 11.8 Å². The van der Waals surface area contributed by atoms with Gasteiger partial charge in [-0.1, -0.05) is 18.1 Å². The Morgan fingerprint density at radius 1 is 1.32 bits per heavy atom. The van der Waals surface area contributed by atoms with Crippen molar-refractivity contribution in [1.82, 2.24) is 20.8 Å². The number of hydrogen-bond acceptors (Lipinski definition) is 5. The molecule has 0 amide bonds. The first kappa shape index (κ1) is 21.5. The van der Waals surface area contributed by atoms with E-state index in [9.17, 15) is 13.2 Å². The summed E-state index contributed by atoms with van der Waals surface area (Å²) in [5.74, 6) is 1.83. The fourth-order valence-corrected chi connectivity index (χ4v) is 2.37. The lowest BCUT2D eigenvalue weighted by Crippen LogP contribution is -2.43. The largest absolute Gasteiger partial charge is 0.489 e. The number of benzene rings is 1. The molecule has 154 valence electrons. The van der Waals surface area contributed by atoms with Crippen LogP contribution in [0.4, 0.5) is 13.2 Å². The molecule has 2 aromatic rings. The molecule has 1 atom stereocenters. The smallest absolute Gasteiger partial charge is 0.416 e. The zero-order valence-corrected chi connectivity index (χ0v) is 16.0. The molecule has 0 bridgehead atoms. The number of guanidine groups is 1. The molecule has 10 heteroatoms. The number of rotatable bonds is 8. The maximum atomic E-state index is 12.8. The third-order valence-corrected chi connectivity index (χ3v) is 3.84. The fraction of sp³-hybridized carbons (Fsp3) is 0.500. The number of aliphatic imine (C=N–C) groups is 1. The van der Waals surface area contributed by atoms with Crippen LogP contribution in [0.2, 0.25) is 0 Å². The van der Waals surface area contributed by atoms with Crippen LogP contribution in [0, 0.1) is 6.92 Å². The maximum absolute atomic E-state index is 12.8. The van der Waals surface area contributed by atoms with Gasteiger partial charge < -0.3 is 19.9 Å². The van der Waals surface area contributed by atoms with E-state index in [4.69, 9.17) is 9.26 Å². The first-order valence-electron chi connectivity index (χ1n) is 8.89. The minimum Gasteiger partial charge on any atom is -0.489 e. The maximum Gasteiger partial charge on any atom is 0.416 e. The normalized spacial score (nSPS) is 13.3. The van der Waals surface area contributed by atoms with Crippen LogP contribution < -0.4 is 15.4 Å². The summed E-state index contributed by atoms with van der Waals surface area (Å²) >= 11 is 0. The van der Waals surface area contributed by atoms with E-state index in [2.05, 4.69) is 25.8 Å². The van der Waals surface area contributed by atoms with Gasteiger partial charge in [0.05, 0.1) is 12.1 Å². The zero-order valence-electron chi connectivity index (χ0n) is 16.0. The summed E-state index contributed by atoms with van der Waals surface area (Å²) in [6.45, 7) is 4.56. The number of nitrogens with zero attached hydrogens (tertiary/aromatic N) is 3. The van der Waals surface area contributed by atoms with Gasteiger partial charge in [0.1, 0.15) is 11.9 Å². The van der Waals surface area contributed by atoms with Crippen molar-refractivity contribution < 1.29 is 22.4 Å². The SMILES string of the molecule is CCC(CNC(=NC)NCCc1nc(C)no1)Oc1cccc(C(F)(F)F)c1. The molecular formula is C18H24F3N5O2. The second kappa shape index (κ2) is 9.95. The first-order chi connectivity index (χ1) is 13.3. The molecule has 1 heterocycles. The van der Waals surface area contributed by atoms with E-state index < -0.39 is 11.7 Å². The number of aromatic nitrogens is 2. The molecule has 28 heavy (non-hydrogen) atoms. The van der Waals surface area contributed by atoms with Crippen LogP contribution >= 0.6 is 0 Å². The summed E-state index contributed by atoms with van der Waals surface area (Å²) in [5, 5.41) is 9.93. The van der Waals surface area contributed by atoms with Crippen molar-refractivity contribution in [2.75, 3.05) is 20.1 Å². The summed E-state index contributed by atoms with van der Waals surface area (Å²) in [4.78, 5) is 8.22. The number of aryl methyl sites for hydroxylation is 1. The van der Waals surface area contributed by atoms with E-state index in [1.54, 1.807) is 14.0 Å². The predicted molar refractivity (Wildman–Crippen MR) is 98.3 cm³/mol. The zero-order chi connectivity index (χ0) is 20.6. The van der Waals surface area contributed by atoms with Crippen LogP contribution in [-0.4, -0.2) is 42.3 Å². The average Bonchev–Trinajstić information content (AvgIpc) is 3.08. The summed E-state index contributed by atoms with van der Waals surface area (Å²) < 4.78 is 49.2. The summed E-state index contributed by atoms with van der Waals surface area (Å²) in [5.41, 5.74) is -0.735. The Hall–Kier alpha value is -2.78. The highest BCUT2D eigenvalue weighted by Crippen LogP contribution is 2.31. The second-order valence-corrected chi connectivity index (χ2v) is 6.04. The first-order valence-corrected chi connectivity index (χ1v) is 8.89. The van der Waals surface area contributed by atoms with Gasteiger partial charge >= 0.3 is 6.18 Å². The second-order valence-electron chi connectivity index (χ2n) is 6.04. The molecule has 0 aliphatic rings. The third-order valence-electron chi connectivity index (χ3n) is 3.84. The third kappa shape index (κ3) is 6.75. The number of hydrogen-bond donors (Lipinski definition) is 2.